The molecule has 0 bridgehead atoms. The smallest absolute Gasteiger partial charge is 0.165 e. The van der Waals surface area contributed by atoms with Crippen LogP contribution in [0, 0.1) is 5.82 Å². The van der Waals surface area contributed by atoms with Gasteiger partial charge in [0.05, 0.1) is 0 Å². The highest BCUT2D eigenvalue weighted by Gasteiger charge is 2.48. The van der Waals surface area contributed by atoms with E-state index in [1.54, 1.807) is 12.3 Å². The SMILES string of the molecule is Fc1cccnc1NCC1(N2CCN(Cc3ccccc3)CC2)CC1. The molecule has 1 saturated carbocycles. The van der Waals surface area contributed by atoms with E-state index in [4.69, 9.17) is 0 Å². The number of rotatable bonds is 6. The summed E-state index contributed by atoms with van der Waals surface area (Å²) in [6.07, 6.45) is 4.01. The highest BCUT2D eigenvalue weighted by Crippen LogP contribution is 2.42. The highest BCUT2D eigenvalue weighted by molar-refractivity contribution is 5.37. The summed E-state index contributed by atoms with van der Waals surface area (Å²) in [4.78, 5) is 9.21. The first kappa shape index (κ1) is 16.5. The molecule has 2 aromatic rings. The first-order valence-corrected chi connectivity index (χ1v) is 9.11. The molecule has 25 heavy (non-hydrogen) atoms. The van der Waals surface area contributed by atoms with Gasteiger partial charge in [-0.05, 0) is 30.5 Å². The first-order chi connectivity index (χ1) is 12.3. The van der Waals surface area contributed by atoms with Crippen LogP contribution < -0.4 is 5.32 Å². The van der Waals surface area contributed by atoms with E-state index in [-0.39, 0.29) is 11.4 Å². The lowest BCUT2D eigenvalue weighted by molar-refractivity contribution is 0.0856. The van der Waals surface area contributed by atoms with Crippen molar-refractivity contribution >= 4 is 5.82 Å². The standard InChI is InChI=1S/C20H25FN4/c21-18-7-4-10-22-19(18)23-16-20(8-9-20)25-13-11-24(12-14-25)15-17-5-2-1-3-6-17/h1-7,10H,8-9,11-16H2,(H,22,23). The summed E-state index contributed by atoms with van der Waals surface area (Å²) in [5.41, 5.74) is 1.58. The second-order valence-electron chi connectivity index (χ2n) is 7.16. The summed E-state index contributed by atoms with van der Waals surface area (Å²) in [7, 11) is 0. The van der Waals surface area contributed by atoms with Crippen LogP contribution in [-0.4, -0.2) is 53.0 Å². The van der Waals surface area contributed by atoms with Crippen LogP contribution >= 0.6 is 0 Å². The predicted octanol–water partition coefficient (Wildman–Crippen LogP) is 2.98. The van der Waals surface area contributed by atoms with Gasteiger partial charge in [0.15, 0.2) is 11.6 Å². The van der Waals surface area contributed by atoms with Crippen molar-refractivity contribution in [3.63, 3.8) is 0 Å². The van der Waals surface area contributed by atoms with Gasteiger partial charge in [0.1, 0.15) is 0 Å². The van der Waals surface area contributed by atoms with Crippen LogP contribution in [0.4, 0.5) is 10.2 Å². The van der Waals surface area contributed by atoms with E-state index in [2.05, 4.69) is 50.4 Å². The minimum Gasteiger partial charge on any atom is -0.366 e. The molecule has 0 radical (unpaired) electrons. The van der Waals surface area contributed by atoms with Crippen molar-refractivity contribution in [3.8, 4) is 0 Å². The van der Waals surface area contributed by atoms with Crippen molar-refractivity contribution < 1.29 is 4.39 Å². The molecule has 1 aromatic heterocycles. The quantitative estimate of drug-likeness (QED) is 0.876. The molecule has 0 amide bonds. The number of nitrogens with zero attached hydrogens (tertiary/aromatic N) is 3. The molecular weight excluding hydrogens is 315 g/mol. The average Bonchev–Trinajstić information content (AvgIpc) is 3.44. The maximum atomic E-state index is 13.7. The largest absolute Gasteiger partial charge is 0.366 e. The van der Waals surface area contributed by atoms with Crippen LogP contribution in [0.5, 0.6) is 0 Å². The number of hydrogen-bond donors (Lipinski definition) is 1. The molecule has 0 unspecified atom stereocenters. The fourth-order valence-electron chi connectivity index (χ4n) is 3.74. The van der Waals surface area contributed by atoms with Gasteiger partial charge in [-0.1, -0.05) is 30.3 Å². The van der Waals surface area contributed by atoms with Gasteiger partial charge >= 0.3 is 0 Å². The first-order valence-electron chi connectivity index (χ1n) is 9.11. The third-order valence-corrected chi connectivity index (χ3v) is 5.46. The Balaban J connectivity index is 1.29. The van der Waals surface area contributed by atoms with E-state index < -0.39 is 0 Å². The maximum absolute atomic E-state index is 13.7. The minimum absolute atomic E-state index is 0.197. The summed E-state index contributed by atoms with van der Waals surface area (Å²) in [6, 6.07) is 13.7. The van der Waals surface area contributed by atoms with Gasteiger partial charge in [-0.25, -0.2) is 9.37 Å². The monoisotopic (exact) mass is 340 g/mol. The zero-order valence-corrected chi connectivity index (χ0v) is 14.5. The fraction of sp³-hybridized carbons (Fsp3) is 0.450. The van der Waals surface area contributed by atoms with Gasteiger partial charge in [-0.15, -0.1) is 0 Å². The number of benzene rings is 1. The number of hydrogen-bond acceptors (Lipinski definition) is 4. The van der Waals surface area contributed by atoms with Gasteiger partial charge < -0.3 is 5.32 Å². The molecule has 2 aliphatic rings. The van der Waals surface area contributed by atoms with Crippen molar-refractivity contribution in [3.05, 3.63) is 60.0 Å². The molecular formula is C20H25FN4. The molecule has 5 heteroatoms. The zero-order valence-electron chi connectivity index (χ0n) is 14.5. The van der Waals surface area contributed by atoms with Gasteiger partial charge in [-0.2, -0.15) is 0 Å². The highest BCUT2D eigenvalue weighted by atomic mass is 19.1. The van der Waals surface area contributed by atoms with E-state index in [1.165, 1.54) is 24.5 Å². The number of nitrogens with one attached hydrogen (secondary N) is 1. The normalized spacial score (nSPS) is 20.4. The van der Waals surface area contributed by atoms with E-state index in [9.17, 15) is 4.39 Å². The predicted molar refractivity (Wildman–Crippen MR) is 97.9 cm³/mol. The summed E-state index contributed by atoms with van der Waals surface area (Å²) in [5.74, 6) is 0.0995. The molecule has 1 aliphatic carbocycles. The summed E-state index contributed by atoms with van der Waals surface area (Å²) in [5, 5.41) is 3.22. The molecule has 2 fully saturated rings. The summed E-state index contributed by atoms with van der Waals surface area (Å²) < 4.78 is 13.7. The van der Waals surface area contributed by atoms with Crippen LogP contribution in [0.25, 0.3) is 0 Å². The van der Waals surface area contributed by atoms with Crippen LogP contribution in [0.1, 0.15) is 18.4 Å². The lowest BCUT2D eigenvalue weighted by Crippen LogP contribution is -2.53. The molecule has 4 rings (SSSR count). The van der Waals surface area contributed by atoms with Crippen molar-refractivity contribution in [1.29, 1.82) is 0 Å². The Morgan fingerprint density at radius 3 is 2.44 bits per heavy atom. The molecule has 0 spiro atoms. The van der Waals surface area contributed by atoms with Gasteiger partial charge in [-0.3, -0.25) is 9.80 Å². The lowest BCUT2D eigenvalue weighted by Gasteiger charge is -2.40. The van der Waals surface area contributed by atoms with Crippen LogP contribution in [0.2, 0.25) is 0 Å². The van der Waals surface area contributed by atoms with Gasteiger partial charge in [0.2, 0.25) is 0 Å². The molecule has 4 nitrogen and oxygen atoms in total. The Kier molecular flexibility index (Phi) is 4.68. The summed E-state index contributed by atoms with van der Waals surface area (Å²) >= 11 is 0. The summed E-state index contributed by atoms with van der Waals surface area (Å²) in [6.45, 7) is 6.15. The Bertz CT molecular complexity index is 694. The Morgan fingerprint density at radius 1 is 1.00 bits per heavy atom. The maximum Gasteiger partial charge on any atom is 0.165 e. The van der Waals surface area contributed by atoms with E-state index in [1.807, 2.05) is 0 Å². The molecule has 1 aliphatic heterocycles. The lowest BCUT2D eigenvalue weighted by atomic mass is 10.1. The van der Waals surface area contributed by atoms with Crippen LogP contribution in [0.15, 0.2) is 48.7 Å². The van der Waals surface area contributed by atoms with Crippen molar-refractivity contribution in [2.45, 2.75) is 24.9 Å². The van der Waals surface area contributed by atoms with Gasteiger partial charge in [0, 0.05) is 51.0 Å². The van der Waals surface area contributed by atoms with Crippen molar-refractivity contribution in [2.24, 2.45) is 0 Å². The number of pyridine rings is 1. The zero-order chi connectivity index (χ0) is 17.1. The molecule has 1 N–H and O–H groups in total. The molecule has 2 heterocycles. The van der Waals surface area contributed by atoms with Crippen molar-refractivity contribution in [1.82, 2.24) is 14.8 Å². The number of piperazine rings is 1. The Morgan fingerprint density at radius 2 is 1.76 bits per heavy atom. The average molecular weight is 340 g/mol. The van der Waals surface area contributed by atoms with E-state index in [0.717, 1.165) is 39.3 Å². The number of aromatic nitrogens is 1. The van der Waals surface area contributed by atoms with E-state index >= 15 is 0 Å². The van der Waals surface area contributed by atoms with Crippen molar-refractivity contribution in [2.75, 3.05) is 38.0 Å². The molecule has 1 saturated heterocycles. The fourth-order valence-corrected chi connectivity index (χ4v) is 3.74. The Hall–Kier alpha value is -1.98. The number of halogens is 1. The van der Waals surface area contributed by atoms with Crippen LogP contribution in [-0.2, 0) is 6.54 Å². The Labute approximate surface area is 148 Å². The van der Waals surface area contributed by atoms with E-state index in [0.29, 0.717) is 5.82 Å². The third kappa shape index (κ3) is 3.83. The molecule has 132 valence electrons. The van der Waals surface area contributed by atoms with Crippen LogP contribution in [0.3, 0.4) is 0 Å². The molecule has 0 atom stereocenters. The van der Waals surface area contributed by atoms with Gasteiger partial charge in [0.25, 0.3) is 0 Å². The molecule has 1 aromatic carbocycles. The third-order valence-electron chi connectivity index (χ3n) is 5.46. The topological polar surface area (TPSA) is 31.4 Å². The number of anilines is 1. The minimum atomic E-state index is -0.272. The second kappa shape index (κ2) is 7.10. The second-order valence-corrected chi connectivity index (χ2v) is 7.16.